The fraction of sp³-hybridized carbons (Fsp3) is 0.367. The van der Waals surface area contributed by atoms with E-state index in [0.29, 0.717) is 6.73 Å². The third-order valence-corrected chi connectivity index (χ3v) is 8.99. The van der Waals surface area contributed by atoms with Crippen LogP contribution in [0.25, 0.3) is 11.0 Å². The highest BCUT2D eigenvalue weighted by Crippen LogP contribution is 2.36. The quantitative estimate of drug-likeness (QED) is 0.197. The molecule has 2 aliphatic heterocycles. The number of piperidine rings is 1. The molecule has 10 heteroatoms. The van der Waals surface area contributed by atoms with Crippen molar-refractivity contribution in [3.8, 4) is 11.5 Å². The van der Waals surface area contributed by atoms with Gasteiger partial charge in [-0.1, -0.05) is 37.8 Å². The second-order valence-electron chi connectivity index (χ2n) is 11.6. The summed E-state index contributed by atoms with van der Waals surface area (Å²) in [7, 11) is -1.17. The van der Waals surface area contributed by atoms with E-state index in [-0.39, 0.29) is 6.04 Å². The molecule has 40 heavy (non-hydrogen) atoms. The normalized spacial score (nSPS) is 15.8. The first-order chi connectivity index (χ1) is 19.4. The molecule has 208 valence electrons. The van der Waals surface area contributed by atoms with Crippen LogP contribution in [0.5, 0.6) is 11.5 Å². The van der Waals surface area contributed by atoms with Gasteiger partial charge in [0.1, 0.15) is 30.2 Å². The number of hydrogen-bond donors (Lipinski definition) is 2. The van der Waals surface area contributed by atoms with Gasteiger partial charge in [-0.05, 0) is 68.4 Å². The molecule has 0 spiro atoms. The van der Waals surface area contributed by atoms with Crippen molar-refractivity contribution in [1.29, 1.82) is 0 Å². The summed E-state index contributed by atoms with van der Waals surface area (Å²) >= 11 is 0. The number of aromatic nitrogens is 3. The summed E-state index contributed by atoms with van der Waals surface area (Å²) in [4.78, 5) is 9.41. The van der Waals surface area contributed by atoms with Gasteiger partial charge >= 0.3 is 0 Å². The molecule has 0 amide bonds. The molecule has 6 rings (SSSR count). The highest BCUT2D eigenvalue weighted by Gasteiger charge is 2.32. The summed E-state index contributed by atoms with van der Waals surface area (Å²) in [5.74, 6) is 3.24. The zero-order chi connectivity index (χ0) is 27.5. The zero-order valence-corrected chi connectivity index (χ0v) is 24.4. The Bertz CT molecular complexity index is 1480. The Morgan fingerprint density at radius 3 is 2.48 bits per heavy atom. The van der Waals surface area contributed by atoms with Crippen molar-refractivity contribution < 1.29 is 9.47 Å². The number of hydrogen-bond acceptors (Lipinski definition) is 8. The number of nitrogens with zero attached hydrogens (tertiary/aromatic N) is 5. The topological polar surface area (TPSA) is 88.8 Å². The van der Waals surface area contributed by atoms with Gasteiger partial charge < -0.3 is 24.7 Å². The van der Waals surface area contributed by atoms with Crippen molar-refractivity contribution >= 4 is 36.4 Å². The van der Waals surface area contributed by atoms with Crippen LogP contribution in [0.4, 0.5) is 11.5 Å². The molecule has 0 radical (unpaired) electrons. The third kappa shape index (κ3) is 5.89. The molecular formula is C30H37N7O2Si. The molecule has 4 aromatic rings. The number of amidine groups is 1. The highest BCUT2D eigenvalue weighted by atomic mass is 28.3. The maximum atomic E-state index is 6.12. The molecule has 2 aromatic heterocycles. The largest absolute Gasteiger partial charge is 0.457 e. The Kier molecular flexibility index (Phi) is 7.55. The molecule has 2 aliphatic rings. The molecular weight excluding hydrogens is 518 g/mol. The summed E-state index contributed by atoms with van der Waals surface area (Å²) in [6, 6.07) is 19.2. The van der Waals surface area contributed by atoms with Crippen LogP contribution in [0.1, 0.15) is 18.4 Å². The van der Waals surface area contributed by atoms with Gasteiger partial charge in [0.2, 0.25) is 0 Å². The predicted molar refractivity (Wildman–Crippen MR) is 163 cm³/mol. The van der Waals surface area contributed by atoms with Crippen LogP contribution in [0.3, 0.4) is 0 Å². The average molecular weight is 556 g/mol. The minimum absolute atomic E-state index is 0.266. The highest BCUT2D eigenvalue weighted by molar-refractivity contribution is 6.76. The minimum Gasteiger partial charge on any atom is -0.457 e. The average Bonchev–Trinajstić information content (AvgIpc) is 3.34. The van der Waals surface area contributed by atoms with Crippen molar-refractivity contribution in [2.24, 2.45) is 5.10 Å². The van der Waals surface area contributed by atoms with Crippen molar-refractivity contribution in [3.63, 3.8) is 0 Å². The standard InChI is InChI=1S/C30H37N7O2Si/c1-40(2,3)18-17-38-21-36-19-26-27-29(36)32-20-33-30(27)37(23-13-15-31-16-14-23)35-28(26)34-22-9-11-25(12-10-22)39-24-7-5-4-6-8-24/h4-12,19-20,23,31H,13-18,21H2,1-3H3,(H,34,35). The van der Waals surface area contributed by atoms with Gasteiger partial charge in [0.25, 0.3) is 0 Å². The Labute approximate surface area is 236 Å². The number of anilines is 2. The lowest BCUT2D eigenvalue weighted by Crippen LogP contribution is -2.43. The van der Waals surface area contributed by atoms with E-state index in [1.807, 2.05) is 54.6 Å². The summed E-state index contributed by atoms with van der Waals surface area (Å²) in [5.41, 5.74) is 2.78. The first-order valence-electron chi connectivity index (χ1n) is 14.1. The maximum Gasteiger partial charge on any atom is 0.162 e. The molecule has 0 aliphatic carbocycles. The minimum atomic E-state index is -1.17. The fourth-order valence-electron chi connectivity index (χ4n) is 5.08. The van der Waals surface area contributed by atoms with Crippen molar-refractivity contribution in [1.82, 2.24) is 19.9 Å². The van der Waals surface area contributed by atoms with Gasteiger partial charge in [-0.25, -0.2) is 15.0 Å². The van der Waals surface area contributed by atoms with Crippen LogP contribution in [-0.4, -0.2) is 54.2 Å². The zero-order valence-electron chi connectivity index (χ0n) is 23.4. The maximum absolute atomic E-state index is 6.12. The van der Waals surface area contributed by atoms with E-state index in [9.17, 15) is 0 Å². The molecule has 1 fully saturated rings. The lowest BCUT2D eigenvalue weighted by atomic mass is 10.0. The van der Waals surface area contributed by atoms with Crippen LogP contribution < -0.4 is 20.4 Å². The third-order valence-electron chi connectivity index (χ3n) is 7.29. The van der Waals surface area contributed by atoms with Crippen LogP contribution in [-0.2, 0) is 11.5 Å². The number of para-hydroxylation sites is 1. The molecule has 1 saturated heterocycles. The summed E-state index contributed by atoms with van der Waals surface area (Å²) in [5, 5.41) is 15.3. The van der Waals surface area contributed by atoms with Gasteiger partial charge in [-0.2, -0.15) is 5.10 Å². The van der Waals surface area contributed by atoms with E-state index < -0.39 is 8.07 Å². The summed E-state index contributed by atoms with van der Waals surface area (Å²) < 4.78 is 14.2. The van der Waals surface area contributed by atoms with Gasteiger partial charge in [0.15, 0.2) is 11.7 Å². The Morgan fingerprint density at radius 2 is 1.73 bits per heavy atom. The van der Waals surface area contributed by atoms with Gasteiger partial charge in [0, 0.05) is 26.6 Å². The summed E-state index contributed by atoms with van der Waals surface area (Å²) in [6.07, 6.45) is 5.75. The van der Waals surface area contributed by atoms with Crippen molar-refractivity contribution in [2.75, 3.05) is 30.0 Å². The molecule has 4 heterocycles. The van der Waals surface area contributed by atoms with E-state index in [2.05, 4.69) is 51.0 Å². The fourth-order valence-corrected chi connectivity index (χ4v) is 5.83. The molecule has 0 bridgehead atoms. The molecule has 0 unspecified atom stereocenters. The number of hydrazone groups is 1. The van der Waals surface area contributed by atoms with Gasteiger partial charge in [-0.15, -0.1) is 0 Å². The van der Waals surface area contributed by atoms with E-state index in [1.165, 1.54) is 0 Å². The van der Waals surface area contributed by atoms with Crippen molar-refractivity contribution in [3.05, 3.63) is 72.7 Å². The van der Waals surface area contributed by atoms with Crippen LogP contribution in [0.15, 0.2) is 72.2 Å². The predicted octanol–water partition coefficient (Wildman–Crippen LogP) is 5.88. The molecule has 2 N–H and O–H groups in total. The molecule has 2 aromatic carbocycles. The smallest absolute Gasteiger partial charge is 0.162 e. The van der Waals surface area contributed by atoms with E-state index >= 15 is 0 Å². The first kappa shape index (κ1) is 26.5. The first-order valence-corrected chi connectivity index (χ1v) is 17.8. The number of benzene rings is 2. The second-order valence-corrected chi connectivity index (χ2v) is 17.2. The van der Waals surface area contributed by atoms with Crippen LogP contribution in [0.2, 0.25) is 25.7 Å². The van der Waals surface area contributed by atoms with Gasteiger partial charge in [0.05, 0.1) is 17.0 Å². The number of nitrogens with one attached hydrogen (secondary N) is 2. The number of ether oxygens (including phenoxy) is 2. The number of rotatable bonds is 9. The monoisotopic (exact) mass is 555 g/mol. The van der Waals surface area contributed by atoms with Crippen LogP contribution >= 0.6 is 0 Å². The lowest BCUT2D eigenvalue weighted by Gasteiger charge is -2.34. The van der Waals surface area contributed by atoms with Crippen LogP contribution in [0, 0.1) is 0 Å². The SMILES string of the molecule is C[Si](C)(C)CCOCn1cc2c3c(ncnc31)N(C1CCNCC1)N=C2Nc1ccc(Oc2ccccc2)cc1. The summed E-state index contributed by atoms with van der Waals surface area (Å²) in [6.45, 7) is 10.2. The Hall–Kier alpha value is -3.73. The lowest BCUT2D eigenvalue weighted by molar-refractivity contribution is 0.0898. The van der Waals surface area contributed by atoms with Gasteiger partial charge in [-0.3, -0.25) is 0 Å². The van der Waals surface area contributed by atoms with Crippen molar-refractivity contribution in [2.45, 2.75) is 51.3 Å². The Balaban J connectivity index is 1.29. The van der Waals surface area contributed by atoms with E-state index in [4.69, 9.17) is 19.6 Å². The molecule has 0 saturated carbocycles. The second kappa shape index (κ2) is 11.4. The van der Waals surface area contributed by atoms with E-state index in [0.717, 1.165) is 84.0 Å². The Morgan fingerprint density at radius 1 is 0.975 bits per heavy atom. The van der Waals surface area contributed by atoms with E-state index in [1.54, 1.807) is 6.33 Å². The molecule has 9 nitrogen and oxygen atoms in total. The molecule has 0 atom stereocenters.